The van der Waals surface area contributed by atoms with Gasteiger partial charge in [0.25, 0.3) is 0 Å². The maximum atomic E-state index is 12.5. The van der Waals surface area contributed by atoms with Gasteiger partial charge in [0, 0.05) is 5.54 Å². The van der Waals surface area contributed by atoms with Gasteiger partial charge in [-0.1, -0.05) is 20.8 Å². The lowest BCUT2D eigenvalue weighted by Crippen LogP contribution is -2.49. The molecule has 0 aliphatic rings. The van der Waals surface area contributed by atoms with Crippen LogP contribution in [-0.2, 0) is 0 Å². The van der Waals surface area contributed by atoms with Crippen molar-refractivity contribution in [2.75, 3.05) is 32.8 Å². The molecule has 1 atom stereocenters. The summed E-state index contributed by atoms with van der Waals surface area (Å²) < 4.78 is 37.5. The molecule has 0 saturated heterocycles. The van der Waals surface area contributed by atoms with Crippen LogP contribution in [0.5, 0.6) is 0 Å². The Morgan fingerprint density at radius 3 is 2.14 bits per heavy atom. The number of aliphatic hydroxyl groups is 1. The van der Waals surface area contributed by atoms with Gasteiger partial charge in [0.1, 0.15) is 0 Å². The van der Waals surface area contributed by atoms with Crippen LogP contribution in [-0.4, -0.2) is 54.5 Å². The smallest absolute Gasteiger partial charge is 0.394 e. The summed E-state index contributed by atoms with van der Waals surface area (Å²) in [5.74, 6) is 0. The summed E-state index contributed by atoms with van der Waals surface area (Å²) in [5.41, 5.74) is -0.355. The third kappa shape index (κ3) is 9.32. The zero-order valence-electron chi connectivity index (χ0n) is 13.6. The maximum absolute atomic E-state index is 12.5. The number of hydrogen-bond donors (Lipinski definition) is 2. The quantitative estimate of drug-likeness (QED) is 0.581. The van der Waals surface area contributed by atoms with E-state index in [9.17, 15) is 18.3 Å². The summed E-state index contributed by atoms with van der Waals surface area (Å²) in [6.07, 6.45) is -0.342. The summed E-state index contributed by atoms with van der Waals surface area (Å²) >= 11 is 0. The molecule has 6 heteroatoms. The zero-order chi connectivity index (χ0) is 16.4. The van der Waals surface area contributed by atoms with Crippen LogP contribution < -0.4 is 5.32 Å². The number of hydrogen-bond acceptors (Lipinski definition) is 3. The van der Waals surface area contributed by atoms with Crippen molar-refractivity contribution in [1.29, 1.82) is 0 Å². The van der Waals surface area contributed by atoms with Crippen LogP contribution in [0.25, 0.3) is 0 Å². The molecule has 2 N–H and O–H groups in total. The van der Waals surface area contributed by atoms with E-state index in [4.69, 9.17) is 0 Å². The van der Waals surface area contributed by atoms with E-state index in [0.717, 1.165) is 19.4 Å². The van der Waals surface area contributed by atoms with E-state index < -0.39 is 12.7 Å². The molecule has 0 aromatic heterocycles. The Kier molecular flexibility index (Phi) is 10.2. The Labute approximate surface area is 126 Å². The monoisotopic (exact) mass is 312 g/mol. The standard InChI is InChI=1S/C15H31F3N2O/c1-4-9-19-14(6-3,13-21)8-7-11-20(10-5-2)12-15(16,17)18/h19,21H,4-13H2,1-3H3. The first-order valence-electron chi connectivity index (χ1n) is 7.97. The highest BCUT2D eigenvalue weighted by molar-refractivity contribution is 4.86. The van der Waals surface area contributed by atoms with E-state index in [0.29, 0.717) is 32.4 Å². The van der Waals surface area contributed by atoms with Crippen LogP contribution in [0.4, 0.5) is 13.2 Å². The first-order valence-corrected chi connectivity index (χ1v) is 7.97. The topological polar surface area (TPSA) is 35.5 Å². The number of halogens is 3. The van der Waals surface area contributed by atoms with Crippen molar-refractivity contribution in [1.82, 2.24) is 10.2 Å². The second-order valence-electron chi connectivity index (χ2n) is 5.71. The van der Waals surface area contributed by atoms with Gasteiger partial charge in [0.15, 0.2) is 0 Å². The first kappa shape index (κ1) is 20.7. The van der Waals surface area contributed by atoms with E-state index in [1.165, 1.54) is 4.90 Å². The van der Waals surface area contributed by atoms with Gasteiger partial charge in [-0.25, -0.2) is 0 Å². The molecule has 3 nitrogen and oxygen atoms in total. The second kappa shape index (κ2) is 10.4. The Hall–Kier alpha value is -0.330. The Bertz CT molecular complexity index is 256. The van der Waals surface area contributed by atoms with Crippen LogP contribution in [0.3, 0.4) is 0 Å². The van der Waals surface area contributed by atoms with Crippen LogP contribution in [0.15, 0.2) is 0 Å². The van der Waals surface area contributed by atoms with Gasteiger partial charge < -0.3 is 10.4 Å². The molecule has 0 aromatic carbocycles. The van der Waals surface area contributed by atoms with Gasteiger partial charge in [-0.2, -0.15) is 13.2 Å². The Morgan fingerprint density at radius 2 is 1.71 bits per heavy atom. The highest BCUT2D eigenvalue weighted by Gasteiger charge is 2.31. The number of rotatable bonds is 12. The third-order valence-electron chi connectivity index (χ3n) is 3.80. The second-order valence-corrected chi connectivity index (χ2v) is 5.71. The van der Waals surface area contributed by atoms with Crippen LogP contribution >= 0.6 is 0 Å². The summed E-state index contributed by atoms with van der Waals surface area (Å²) in [5, 5.41) is 12.9. The number of nitrogens with one attached hydrogen (secondary N) is 1. The minimum absolute atomic E-state index is 0.0244. The highest BCUT2D eigenvalue weighted by Crippen LogP contribution is 2.20. The average molecular weight is 312 g/mol. The number of alkyl halides is 3. The molecular formula is C15H31F3N2O. The van der Waals surface area contributed by atoms with Crippen LogP contribution in [0.2, 0.25) is 0 Å². The van der Waals surface area contributed by atoms with Crippen molar-refractivity contribution in [2.24, 2.45) is 0 Å². The Morgan fingerprint density at radius 1 is 1.05 bits per heavy atom. The SMILES string of the molecule is CCCNC(CC)(CO)CCCN(CCC)CC(F)(F)F. The van der Waals surface area contributed by atoms with Gasteiger partial charge >= 0.3 is 6.18 Å². The number of nitrogens with zero attached hydrogens (tertiary/aromatic N) is 1. The predicted octanol–water partition coefficient (Wildman–Crippen LogP) is 3.18. The van der Waals surface area contributed by atoms with Crippen molar-refractivity contribution in [3.8, 4) is 0 Å². The molecule has 0 heterocycles. The Balaban J connectivity index is 4.36. The fourth-order valence-electron chi connectivity index (χ4n) is 2.51. The van der Waals surface area contributed by atoms with Crippen molar-refractivity contribution in [3.63, 3.8) is 0 Å². The molecule has 0 spiro atoms. The highest BCUT2D eigenvalue weighted by atomic mass is 19.4. The average Bonchev–Trinajstić information content (AvgIpc) is 2.41. The molecule has 0 aliphatic carbocycles. The predicted molar refractivity (Wildman–Crippen MR) is 80.4 cm³/mol. The molecule has 0 saturated carbocycles. The minimum Gasteiger partial charge on any atom is -0.394 e. The van der Waals surface area contributed by atoms with Gasteiger partial charge in [-0.3, -0.25) is 4.90 Å². The van der Waals surface area contributed by atoms with Crippen molar-refractivity contribution in [2.45, 2.75) is 64.6 Å². The fraction of sp³-hybridized carbons (Fsp3) is 1.00. The van der Waals surface area contributed by atoms with E-state index in [1.54, 1.807) is 0 Å². The molecule has 0 bridgehead atoms. The van der Waals surface area contributed by atoms with Gasteiger partial charge in [0.2, 0.25) is 0 Å². The van der Waals surface area contributed by atoms with Gasteiger partial charge in [-0.05, 0) is 51.7 Å². The molecule has 1 unspecified atom stereocenters. The van der Waals surface area contributed by atoms with E-state index in [-0.39, 0.29) is 12.1 Å². The lowest BCUT2D eigenvalue weighted by molar-refractivity contribution is -0.146. The minimum atomic E-state index is -4.14. The summed E-state index contributed by atoms with van der Waals surface area (Å²) in [6, 6.07) is 0. The fourth-order valence-corrected chi connectivity index (χ4v) is 2.51. The van der Waals surface area contributed by atoms with E-state index in [1.807, 2.05) is 13.8 Å². The molecule has 128 valence electrons. The van der Waals surface area contributed by atoms with Crippen molar-refractivity contribution >= 4 is 0 Å². The first-order chi connectivity index (χ1) is 9.82. The summed E-state index contributed by atoms with van der Waals surface area (Å²) in [4.78, 5) is 1.46. The maximum Gasteiger partial charge on any atom is 0.401 e. The largest absolute Gasteiger partial charge is 0.401 e. The molecule has 0 fully saturated rings. The van der Waals surface area contributed by atoms with Gasteiger partial charge in [-0.15, -0.1) is 0 Å². The van der Waals surface area contributed by atoms with Crippen LogP contribution in [0, 0.1) is 0 Å². The summed E-state index contributed by atoms with van der Waals surface area (Å²) in [6.45, 7) is 6.81. The molecule has 0 aliphatic heterocycles. The van der Waals surface area contributed by atoms with Crippen molar-refractivity contribution in [3.05, 3.63) is 0 Å². The lowest BCUT2D eigenvalue weighted by Gasteiger charge is -2.33. The molecule has 0 rings (SSSR count). The zero-order valence-corrected chi connectivity index (χ0v) is 13.6. The molecule has 0 amide bonds. The van der Waals surface area contributed by atoms with E-state index >= 15 is 0 Å². The molecule has 21 heavy (non-hydrogen) atoms. The third-order valence-corrected chi connectivity index (χ3v) is 3.80. The molecule has 0 aromatic rings. The molecular weight excluding hydrogens is 281 g/mol. The normalized spacial score (nSPS) is 15.4. The lowest BCUT2D eigenvalue weighted by atomic mass is 9.91. The molecule has 0 radical (unpaired) electrons. The van der Waals surface area contributed by atoms with Crippen molar-refractivity contribution < 1.29 is 18.3 Å². The van der Waals surface area contributed by atoms with Gasteiger partial charge in [0.05, 0.1) is 13.2 Å². The van der Waals surface area contributed by atoms with E-state index in [2.05, 4.69) is 12.2 Å². The number of aliphatic hydroxyl groups excluding tert-OH is 1. The summed E-state index contributed by atoms with van der Waals surface area (Å²) in [7, 11) is 0. The van der Waals surface area contributed by atoms with Crippen LogP contribution in [0.1, 0.15) is 52.9 Å².